The number of hydrogen-bond acceptors (Lipinski definition) is 3. The van der Waals surface area contributed by atoms with Gasteiger partial charge in [0.1, 0.15) is 0 Å². The second-order valence-electron chi connectivity index (χ2n) is 4.42. The minimum atomic E-state index is -0.312. The molecule has 0 aromatic heterocycles. The SMILES string of the molecule is CC1COC(CO)CN1C(=O)c1ccccc1Cl. The van der Waals surface area contributed by atoms with Crippen LogP contribution in [0.5, 0.6) is 0 Å². The van der Waals surface area contributed by atoms with Gasteiger partial charge < -0.3 is 14.7 Å². The molecule has 0 spiro atoms. The molecule has 1 aromatic carbocycles. The molecule has 1 heterocycles. The van der Waals surface area contributed by atoms with Crippen molar-refractivity contribution < 1.29 is 14.6 Å². The average molecular weight is 270 g/mol. The zero-order valence-electron chi connectivity index (χ0n) is 10.2. The number of rotatable bonds is 2. The number of morpholine rings is 1. The van der Waals surface area contributed by atoms with Crippen LogP contribution in [0.15, 0.2) is 24.3 Å². The predicted molar refractivity (Wildman–Crippen MR) is 68.8 cm³/mol. The fraction of sp³-hybridized carbons (Fsp3) is 0.462. The van der Waals surface area contributed by atoms with Gasteiger partial charge in [0.25, 0.3) is 5.91 Å². The summed E-state index contributed by atoms with van der Waals surface area (Å²) in [6, 6.07) is 6.97. The van der Waals surface area contributed by atoms with Crippen molar-refractivity contribution in [3.63, 3.8) is 0 Å². The Morgan fingerprint density at radius 1 is 1.56 bits per heavy atom. The van der Waals surface area contributed by atoms with E-state index >= 15 is 0 Å². The van der Waals surface area contributed by atoms with E-state index in [2.05, 4.69) is 0 Å². The summed E-state index contributed by atoms with van der Waals surface area (Å²) in [5, 5.41) is 9.56. The number of nitrogens with zero attached hydrogens (tertiary/aromatic N) is 1. The molecule has 0 radical (unpaired) electrons. The lowest BCUT2D eigenvalue weighted by Crippen LogP contribution is -2.52. The Bertz CT molecular complexity index is 438. The molecule has 1 fully saturated rings. The lowest BCUT2D eigenvalue weighted by atomic mass is 10.1. The number of aliphatic hydroxyl groups excluding tert-OH is 1. The highest BCUT2D eigenvalue weighted by molar-refractivity contribution is 6.33. The van der Waals surface area contributed by atoms with E-state index < -0.39 is 0 Å². The van der Waals surface area contributed by atoms with Crippen LogP contribution in [0, 0.1) is 0 Å². The van der Waals surface area contributed by atoms with Crippen LogP contribution in [0.1, 0.15) is 17.3 Å². The van der Waals surface area contributed by atoms with Crippen LogP contribution in [0.25, 0.3) is 0 Å². The lowest BCUT2D eigenvalue weighted by Gasteiger charge is -2.37. The molecule has 0 aliphatic carbocycles. The molecule has 1 aliphatic rings. The van der Waals surface area contributed by atoms with Gasteiger partial charge in [-0.15, -0.1) is 0 Å². The van der Waals surface area contributed by atoms with E-state index in [1.807, 2.05) is 6.92 Å². The standard InChI is InChI=1S/C13H16ClNO3/c1-9-8-18-10(7-16)6-15(9)13(17)11-4-2-3-5-12(11)14/h2-5,9-10,16H,6-8H2,1H3. The monoisotopic (exact) mass is 269 g/mol. The molecular weight excluding hydrogens is 254 g/mol. The van der Waals surface area contributed by atoms with Crippen LogP contribution in [0.2, 0.25) is 5.02 Å². The van der Waals surface area contributed by atoms with Gasteiger partial charge in [-0.3, -0.25) is 4.79 Å². The Morgan fingerprint density at radius 3 is 2.94 bits per heavy atom. The first kappa shape index (κ1) is 13.3. The normalized spacial score (nSPS) is 24.1. The smallest absolute Gasteiger partial charge is 0.255 e. The van der Waals surface area contributed by atoms with Crippen LogP contribution in [-0.2, 0) is 4.74 Å². The Morgan fingerprint density at radius 2 is 2.28 bits per heavy atom. The average Bonchev–Trinajstić information content (AvgIpc) is 2.39. The van der Waals surface area contributed by atoms with Crippen molar-refractivity contribution in [2.24, 2.45) is 0 Å². The van der Waals surface area contributed by atoms with Crippen LogP contribution in [0.3, 0.4) is 0 Å². The molecule has 18 heavy (non-hydrogen) atoms. The molecule has 98 valence electrons. The van der Waals surface area contributed by atoms with Gasteiger partial charge in [0, 0.05) is 6.54 Å². The van der Waals surface area contributed by atoms with E-state index in [4.69, 9.17) is 21.4 Å². The van der Waals surface area contributed by atoms with Gasteiger partial charge in [0.15, 0.2) is 0 Å². The summed E-state index contributed by atoms with van der Waals surface area (Å²) in [6.07, 6.45) is -0.312. The van der Waals surface area contributed by atoms with Crippen LogP contribution >= 0.6 is 11.6 Å². The molecular formula is C13H16ClNO3. The molecule has 1 amide bonds. The molecule has 1 saturated heterocycles. The lowest BCUT2D eigenvalue weighted by molar-refractivity contribution is -0.0667. The fourth-order valence-corrected chi connectivity index (χ4v) is 2.22. The molecule has 4 nitrogen and oxygen atoms in total. The molecule has 0 bridgehead atoms. The zero-order chi connectivity index (χ0) is 13.1. The van der Waals surface area contributed by atoms with Crippen molar-refractivity contribution in [3.05, 3.63) is 34.9 Å². The maximum Gasteiger partial charge on any atom is 0.255 e. The van der Waals surface area contributed by atoms with Gasteiger partial charge >= 0.3 is 0 Å². The molecule has 1 aromatic rings. The largest absolute Gasteiger partial charge is 0.394 e. The maximum absolute atomic E-state index is 12.4. The predicted octanol–water partition coefficient (Wildman–Crippen LogP) is 1.56. The second-order valence-corrected chi connectivity index (χ2v) is 4.83. The van der Waals surface area contributed by atoms with E-state index in [9.17, 15) is 4.79 Å². The van der Waals surface area contributed by atoms with Gasteiger partial charge in [0.05, 0.1) is 35.9 Å². The van der Waals surface area contributed by atoms with Gasteiger partial charge in [-0.1, -0.05) is 23.7 Å². The van der Waals surface area contributed by atoms with Crippen LogP contribution < -0.4 is 0 Å². The molecule has 1 N–H and O–H groups in total. The van der Waals surface area contributed by atoms with E-state index in [0.29, 0.717) is 23.7 Å². The third-order valence-corrected chi connectivity index (χ3v) is 3.40. The van der Waals surface area contributed by atoms with Crippen molar-refractivity contribution in [1.82, 2.24) is 4.90 Å². The summed E-state index contributed by atoms with van der Waals surface area (Å²) in [7, 11) is 0. The summed E-state index contributed by atoms with van der Waals surface area (Å²) in [5.74, 6) is -0.116. The number of aliphatic hydroxyl groups is 1. The van der Waals surface area contributed by atoms with Gasteiger partial charge in [-0.2, -0.15) is 0 Å². The third-order valence-electron chi connectivity index (χ3n) is 3.07. The number of amides is 1. The summed E-state index contributed by atoms with van der Waals surface area (Å²) < 4.78 is 5.41. The number of benzene rings is 1. The number of carbonyl (C=O) groups excluding carboxylic acids is 1. The van der Waals surface area contributed by atoms with Crippen LogP contribution in [-0.4, -0.2) is 47.8 Å². The summed E-state index contributed by atoms with van der Waals surface area (Å²) in [5.41, 5.74) is 0.490. The first-order valence-electron chi connectivity index (χ1n) is 5.91. The van der Waals surface area contributed by atoms with Crippen molar-refractivity contribution in [3.8, 4) is 0 Å². The summed E-state index contributed by atoms with van der Waals surface area (Å²) in [4.78, 5) is 14.1. The van der Waals surface area contributed by atoms with E-state index in [1.165, 1.54) is 0 Å². The van der Waals surface area contributed by atoms with E-state index in [-0.39, 0.29) is 24.7 Å². The number of hydrogen-bond donors (Lipinski definition) is 1. The highest BCUT2D eigenvalue weighted by atomic mass is 35.5. The zero-order valence-corrected chi connectivity index (χ0v) is 10.9. The van der Waals surface area contributed by atoms with Gasteiger partial charge in [-0.05, 0) is 19.1 Å². The third kappa shape index (κ3) is 2.66. The first-order chi connectivity index (χ1) is 8.63. The number of ether oxygens (including phenoxy) is 1. The quantitative estimate of drug-likeness (QED) is 0.887. The van der Waals surface area contributed by atoms with Crippen LogP contribution in [0.4, 0.5) is 0 Å². The van der Waals surface area contributed by atoms with Crippen molar-refractivity contribution in [1.29, 1.82) is 0 Å². The molecule has 2 atom stereocenters. The highest BCUT2D eigenvalue weighted by Crippen LogP contribution is 2.20. The van der Waals surface area contributed by atoms with Crippen molar-refractivity contribution in [2.45, 2.75) is 19.1 Å². The Balaban J connectivity index is 2.19. The first-order valence-corrected chi connectivity index (χ1v) is 6.29. The second kappa shape index (κ2) is 5.69. The Kier molecular flexibility index (Phi) is 4.22. The molecule has 0 saturated carbocycles. The van der Waals surface area contributed by atoms with E-state index in [1.54, 1.807) is 29.2 Å². The topological polar surface area (TPSA) is 49.8 Å². The molecule has 2 rings (SSSR count). The van der Waals surface area contributed by atoms with Gasteiger partial charge in [0.2, 0.25) is 0 Å². The Hall–Kier alpha value is -1.10. The van der Waals surface area contributed by atoms with E-state index in [0.717, 1.165) is 0 Å². The highest BCUT2D eigenvalue weighted by Gasteiger charge is 2.30. The molecule has 2 unspecified atom stereocenters. The molecule has 5 heteroatoms. The maximum atomic E-state index is 12.4. The summed E-state index contributed by atoms with van der Waals surface area (Å²) >= 11 is 6.03. The van der Waals surface area contributed by atoms with Crippen molar-refractivity contribution in [2.75, 3.05) is 19.8 Å². The minimum absolute atomic E-state index is 0.0171. The minimum Gasteiger partial charge on any atom is -0.394 e. The number of carbonyl (C=O) groups is 1. The van der Waals surface area contributed by atoms with Crippen molar-refractivity contribution >= 4 is 17.5 Å². The fourth-order valence-electron chi connectivity index (χ4n) is 2.00. The molecule has 1 aliphatic heterocycles. The Labute approximate surface area is 111 Å². The number of halogens is 1. The summed E-state index contributed by atoms with van der Waals surface area (Å²) in [6.45, 7) is 2.66. The van der Waals surface area contributed by atoms with Gasteiger partial charge in [-0.25, -0.2) is 0 Å².